The largest absolute Gasteiger partial charge is 0.416 e. The average molecular weight is 365 g/mol. The first-order valence-corrected chi connectivity index (χ1v) is 8.84. The number of halogens is 3. The van der Waals surface area contributed by atoms with Crippen LogP contribution >= 0.6 is 0 Å². The van der Waals surface area contributed by atoms with E-state index in [-0.39, 0.29) is 18.4 Å². The smallest absolute Gasteiger partial charge is 0.309 e. The van der Waals surface area contributed by atoms with Crippen LogP contribution in [0.3, 0.4) is 0 Å². The molecular formula is C19H22F3N3O. The second-order valence-corrected chi connectivity index (χ2v) is 6.85. The second kappa shape index (κ2) is 7.51. The molecule has 1 aromatic heterocycles. The number of alkyl halides is 3. The number of aryl methyl sites for hydroxylation is 1. The molecule has 0 aliphatic heterocycles. The molecule has 3 rings (SSSR count). The maximum Gasteiger partial charge on any atom is 0.416 e. The minimum atomic E-state index is -4.37. The minimum Gasteiger partial charge on any atom is -0.309 e. The topological polar surface area (TPSA) is 46.9 Å². The molecule has 0 bridgehead atoms. The summed E-state index contributed by atoms with van der Waals surface area (Å²) in [6.45, 7) is 2.03. The molecule has 1 saturated carbocycles. The molecule has 1 aliphatic carbocycles. The maximum absolute atomic E-state index is 12.8. The summed E-state index contributed by atoms with van der Waals surface area (Å²) in [7, 11) is 0. The molecule has 0 saturated heterocycles. The van der Waals surface area contributed by atoms with Crippen LogP contribution in [0.5, 0.6) is 0 Å². The van der Waals surface area contributed by atoms with E-state index in [1.807, 2.05) is 6.92 Å². The lowest BCUT2D eigenvalue weighted by Gasteiger charge is -2.19. The number of amides is 1. The Kier molecular flexibility index (Phi) is 5.34. The summed E-state index contributed by atoms with van der Waals surface area (Å²) in [4.78, 5) is 12.3. The standard InChI is InChI=1S/C19H22F3N3O/c1-13-10-17(23-18(26)15-7-3-2-4-8-15)24-25(13)12-14-6-5-9-16(11-14)19(20,21)22/h5-6,9-11,15H,2-4,7-8,12H2,1H3,(H,23,24,26). The molecule has 1 amide bonds. The molecule has 7 heteroatoms. The molecule has 0 spiro atoms. The van der Waals surface area contributed by atoms with E-state index in [0.29, 0.717) is 11.4 Å². The van der Waals surface area contributed by atoms with Crippen molar-refractivity contribution < 1.29 is 18.0 Å². The number of benzene rings is 1. The SMILES string of the molecule is Cc1cc(NC(=O)C2CCCCC2)nn1Cc1cccc(C(F)(F)F)c1. The van der Waals surface area contributed by atoms with Gasteiger partial charge in [0.1, 0.15) is 0 Å². The summed E-state index contributed by atoms with van der Waals surface area (Å²) < 4.78 is 40.1. The zero-order valence-electron chi connectivity index (χ0n) is 14.6. The minimum absolute atomic E-state index is 0.0200. The van der Waals surface area contributed by atoms with Crippen molar-refractivity contribution in [3.63, 3.8) is 0 Å². The van der Waals surface area contributed by atoms with E-state index in [4.69, 9.17) is 0 Å². The van der Waals surface area contributed by atoms with Gasteiger partial charge in [0.25, 0.3) is 0 Å². The highest BCUT2D eigenvalue weighted by atomic mass is 19.4. The number of carbonyl (C=O) groups excluding carboxylic acids is 1. The Morgan fingerprint density at radius 3 is 2.65 bits per heavy atom. The van der Waals surface area contributed by atoms with Crippen LogP contribution in [0.15, 0.2) is 30.3 Å². The van der Waals surface area contributed by atoms with Crippen LogP contribution in [0.25, 0.3) is 0 Å². The van der Waals surface area contributed by atoms with Crippen molar-refractivity contribution in [1.82, 2.24) is 9.78 Å². The molecule has 140 valence electrons. The Morgan fingerprint density at radius 2 is 1.96 bits per heavy atom. The monoisotopic (exact) mass is 365 g/mol. The molecule has 1 N–H and O–H groups in total. The van der Waals surface area contributed by atoms with Gasteiger partial charge in [-0.1, -0.05) is 31.4 Å². The fraction of sp³-hybridized carbons (Fsp3) is 0.474. The third-order valence-electron chi connectivity index (χ3n) is 4.80. The number of rotatable bonds is 4. The zero-order valence-corrected chi connectivity index (χ0v) is 14.6. The van der Waals surface area contributed by atoms with Gasteiger partial charge in [0.2, 0.25) is 5.91 Å². The van der Waals surface area contributed by atoms with Crippen molar-refractivity contribution in [2.75, 3.05) is 5.32 Å². The number of nitrogens with one attached hydrogen (secondary N) is 1. The third kappa shape index (κ3) is 4.45. The van der Waals surface area contributed by atoms with E-state index in [1.165, 1.54) is 12.5 Å². The van der Waals surface area contributed by atoms with Crippen molar-refractivity contribution in [1.29, 1.82) is 0 Å². The van der Waals surface area contributed by atoms with Crippen LogP contribution in [-0.4, -0.2) is 15.7 Å². The number of nitrogens with zero attached hydrogens (tertiary/aromatic N) is 2. The van der Waals surface area contributed by atoms with Crippen molar-refractivity contribution in [2.45, 2.75) is 51.7 Å². The summed E-state index contributed by atoms with van der Waals surface area (Å²) in [5.41, 5.74) is 0.614. The fourth-order valence-corrected chi connectivity index (χ4v) is 3.34. The first kappa shape index (κ1) is 18.5. The number of carbonyl (C=O) groups is 1. The van der Waals surface area contributed by atoms with Crippen LogP contribution in [0.4, 0.5) is 19.0 Å². The molecule has 26 heavy (non-hydrogen) atoms. The number of anilines is 1. The fourth-order valence-electron chi connectivity index (χ4n) is 3.34. The lowest BCUT2D eigenvalue weighted by molar-refractivity contribution is -0.137. The first-order valence-electron chi connectivity index (χ1n) is 8.84. The number of hydrogen-bond donors (Lipinski definition) is 1. The van der Waals surface area contributed by atoms with Crippen LogP contribution in [0, 0.1) is 12.8 Å². The van der Waals surface area contributed by atoms with E-state index in [1.54, 1.807) is 16.8 Å². The lowest BCUT2D eigenvalue weighted by Crippen LogP contribution is -2.25. The van der Waals surface area contributed by atoms with Gasteiger partial charge in [-0.3, -0.25) is 9.48 Å². The Balaban J connectivity index is 1.69. The van der Waals surface area contributed by atoms with Crippen LogP contribution in [0.2, 0.25) is 0 Å². The van der Waals surface area contributed by atoms with Crippen molar-refractivity contribution in [2.24, 2.45) is 5.92 Å². The highest BCUT2D eigenvalue weighted by Crippen LogP contribution is 2.30. The molecular weight excluding hydrogens is 343 g/mol. The van der Waals surface area contributed by atoms with Crippen LogP contribution in [0.1, 0.15) is 48.9 Å². The Bertz CT molecular complexity index is 777. The van der Waals surface area contributed by atoms with E-state index in [2.05, 4.69) is 10.4 Å². The molecule has 0 radical (unpaired) electrons. The van der Waals surface area contributed by atoms with Gasteiger partial charge < -0.3 is 5.32 Å². The summed E-state index contributed by atoms with van der Waals surface area (Å²) in [5, 5.41) is 7.18. The van der Waals surface area contributed by atoms with E-state index in [0.717, 1.165) is 43.5 Å². The molecule has 2 aromatic rings. The van der Waals surface area contributed by atoms with Gasteiger partial charge >= 0.3 is 6.18 Å². The summed E-state index contributed by atoms with van der Waals surface area (Å²) in [6.07, 6.45) is 0.747. The predicted octanol–water partition coefficient (Wildman–Crippen LogP) is 4.78. The molecule has 1 aliphatic rings. The number of hydrogen-bond acceptors (Lipinski definition) is 2. The van der Waals surface area contributed by atoms with E-state index < -0.39 is 11.7 Å². The summed E-state index contributed by atoms with van der Waals surface area (Å²) >= 11 is 0. The van der Waals surface area contributed by atoms with E-state index in [9.17, 15) is 18.0 Å². The number of aromatic nitrogens is 2. The molecule has 1 aromatic carbocycles. The van der Waals surface area contributed by atoms with Crippen molar-refractivity contribution in [3.05, 3.63) is 47.2 Å². The Hall–Kier alpha value is -2.31. The highest BCUT2D eigenvalue weighted by molar-refractivity contribution is 5.91. The molecule has 0 atom stereocenters. The first-order chi connectivity index (χ1) is 12.3. The Labute approximate surface area is 150 Å². The van der Waals surface area contributed by atoms with Gasteiger partial charge in [-0.2, -0.15) is 18.3 Å². The molecule has 0 unspecified atom stereocenters. The maximum atomic E-state index is 12.8. The third-order valence-corrected chi connectivity index (χ3v) is 4.80. The normalized spacial score (nSPS) is 15.8. The quantitative estimate of drug-likeness (QED) is 0.848. The van der Waals surface area contributed by atoms with E-state index >= 15 is 0 Å². The predicted molar refractivity (Wildman–Crippen MR) is 92.7 cm³/mol. The summed E-state index contributed by atoms with van der Waals surface area (Å²) in [6, 6.07) is 6.95. The van der Waals surface area contributed by atoms with Gasteiger partial charge in [0, 0.05) is 17.7 Å². The Morgan fingerprint density at radius 1 is 1.23 bits per heavy atom. The molecule has 1 fully saturated rings. The van der Waals surface area contributed by atoms with Gasteiger partial charge in [0.05, 0.1) is 12.1 Å². The summed E-state index contributed by atoms with van der Waals surface area (Å²) in [5.74, 6) is 0.455. The second-order valence-electron chi connectivity index (χ2n) is 6.85. The highest BCUT2D eigenvalue weighted by Gasteiger charge is 2.30. The van der Waals surface area contributed by atoms with Gasteiger partial charge in [-0.25, -0.2) is 0 Å². The van der Waals surface area contributed by atoms with Gasteiger partial charge in [-0.05, 0) is 37.5 Å². The molecule has 1 heterocycles. The van der Waals surface area contributed by atoms with Gasteiger partial charge in [0.15, 0.2) is 5.82 Å². The van der Waals surface area contributed by atoms with Gasteiger partial charge in [-0.15, -0.1) is 0 Å². The van der Waals surface area contributed by atoms with Crippen molar-refractivity contribution >= 4 is 11.7 Å². The van der Waals surface area contributed by atoms with Crippen LogP contribution < -0.4 is 5.32 Å². The average Bonchev–Trinajstić information content (AvgIpc) is 2.94. The lowest BCUT2D eigenvalue weighted by atomic mass is 9.89. The molecule has 4 nitrogen and oxygen atoms in total. The van der Waals surface area contributed by atoms with Crippen LogP contribution in [-0.2, 0) is 17.5 Å². The zero-order chi connectivity index (χ0) is 18.7. The van der Waals surface area contributed by atoms with Crippen molar-refractivity contribution in [3.8, 4) is 0 Å².